The number of hydrogen-bond acceptors (Lipinski definition) is 0. The molecule has 1 atom stereocenters. The van der Waals surface area contributed by atoms with Crippen molar-refractivity contribution in [1.82, 2.24) is 0 Å². The molecular formula is C7H15ClSi. The molecule has 0 fully saturated rings. The fraction of sp³-hybridized carbons (Fsp3) is 0.714. The van der Waals surface area contributed by atoms with Crippen molar-refractivity contribution in [2.75, 3.05) is 0 Å². The lowest BCUT2D eigenvalue weighted by molar-refractivity contribution is 1.41. The third-order valence-electron chi connectivity index (χ3n) is 1.19. The summed E-state index contributed by atoms with van der Waals surface area (Å²) in [5, 5.41) is 0.294. The van der Waals surface area contributed by atoms with Gasteiger partial charge in [0.2, 0.25) is 0 Å². The lowest BCUT2D eigenvalue weighted by Gasteiger charge is -2.18. The van der Waals surface area contributed by atoms with Gasteiger partial charge in [-0.25, -0.2) is 0 Å². The standard InChI is InChI=1S/C7H15ClSi/c1-5-6-7(8)9(2,3)4/h5-7H,1-4H3/b6-5+. The molecule has 0 bridgehead atoms. The normalized spacial score (nSPS) is 16.6. The summed E-state index contributed by atoms with van der Waals surface area (Å²) in [7, 11) is -1.10. The Morgan fingerprint density at radius 3 is 1.89 bits per heavy atom. The molecule has 54 valence electrons. The number of rotatable bonds is 2. The van der Waals surface area contributed by atoms with Gasteiger partial charge >= 0.3 is 0 Å². The minimum Gasteiger partial charge on any atom is -0.122 e. The zero-order valence-corrected chi connectivity index (χ0v) is 8.37. The van der Waals surface area contributed by atoms with Gasteiger partial charge in [0, 0.05) is 5.00 Å². The van der Waals surface area contributed by atoms with Gasteiger partial charge in [0.1, 0.15) is 0 Å². The number of alkyl halides is 1. The topological polar surface area (TPSA) is 0 Å². The lowest BCUT2D eigenvalue weighted by Crippen LogP contribution is -2.32. The Morgan fingerprint density at radius 2 is 1.78 bits per heavy atom. The van der Waals surface area contributed by atoms with Crippen LogP contribution in [0, 0.1) is 0 Å². The summed E-state index contributed by atoms with van der Waals surface area (Å²) in [6.45, 7) is 8.82. The van der Waals surface area contributed by atoms with E-state index in [2.05, 4.69) is 25.7 Å². The quantitative estimate of drug-likeness (QED) is 0.333. The predicted octanol–water partition coefficient (Wildman–Crippen LogP) is 3.05. The SMILES string of the molecule is C/C=C/C(Cl)[Si](C)(C)C. The van der Waals surface area contributed by atoms with Gasteiger partial charge < -0.3 is 0 Å². The van der Waals surface area contributed by atoms with Crippen LogP contribution in [0.2, 0.25) is 19.6 Å². The van der Waals surface area contributed by atoms with Crippen LogP contribution in [0.4, 0.5) is 0 Å². The first kappa shape index (κ1) is 9.25. The van der Waals surface area contributed by atoms with Gasteiger partial charge in [0.05, 0.1) is 8.07 Å². The van der Waals surface area contributed by atoms with Crippen molar-refractivity contribution in [2.24, 2.45) is 0 Å². The Kier molecular flexibility index (Phi) is 3.52. The Bertz CT molecular complexity index is 102. The average Bonchev–Trinajstić information content (AvgIpc) is 1.64. The molecule has 2 heteroatoms. The molecule has 0 aliphatic carbocycles. The fourth-order valence-corrected chi connectivity index (χ4v) is 1.37. The van der Waals surface area contributed by atoms with Gasteiger partial charge in [-0.2, -0.15) is 0 Å². The summed E-state index contributed by atoms with van der Waals surface area (Å²) >= 11 is 6.03. The van der Waals surface area contributed by atoms with E-state index in [1.54, 1.807) is 0 Å². The first-order chi connectivity index (χ1) is 3.98. The summed E-state index contributed by atoms with van der Waals surface area (Å²) in [5.41, 5.74) is 0. The minimum absolute atomic E-state index is 0.294. The number of hydrogen-bond donors (Lipinski definition) is 0. The zero-order valence-electron chi connectivity index (χ0n) is 6.61. The van der Waals surface area contributed by atoms with E-state index in [0.717, 1.165) is 0 Å². The summed E-state index contributed by atoms with van der Waals surface area (Å²) in [6, 6.07) is 0. The monoisotopic (exact) mass is 162 g/mol. The molecule has 0 saturated carbocycles. The molecule has 9 heavy (non-hydrogen) atoms. The molecule has 0 aromatic carbocycles. The molecule has 0 saturated heterocycles. The van der Waals surface area contributed by atoms with E-state index < -0.39 is 8.07 Å². The molecule has 0 aliphatic heterocycles. The Hall–Kier alpha value is 0.247. The summed E-state index contributed by atoms with van der Waals surface area (Å²) in [5.74, 6) is 0. The first-order valence-electron chi connectivity index (χ1n) is 3.25. The second-order valence-electron chi connectivity index (χ2n) is 3.29. The van der Waals surface area contributed by atoms with E-state index in [9.17, 15) is 0 Å². The van der Waals surface area contributed by atoms with Gasteiger partial charge in [-0.3, -0.25) is 0 Å². The van der Waals surface area contributed by atoms with Crippen LogP contribution in [0.15, 0.2) is 12.2 Å². The van der Waals surface area contributed by atoms with E-state index in [4.69, 9.17) is 11.6 Å². The predicted molar refractivity (Wildman–Crippen MR) is 47.8 cm³/mol. The van der Waals surface area contributed by atoms with Crippen molar-refractivity contribution < 1.29 is 0 Å². The van der Waals surface area contributed by atoms with Crippen molar-refractivity contribution in [3.05, 3.63) is 12.2 Å². The second kappa shape index (κ2) is 3.42. The highest BCUT2D eigenvalue weighted by atomic mass is 35.5. The van der Waals surface area contributed by atoms with Crippen LogP contribution in [0.25, 0.3) is 0 Å². The highest BCUT2D eigenvalue weighted by Gasteiger charge is 2.21. The Morgan fingerprint density at radius 1 is 1.33 bits per heavy atom. The molecule has 0 rings (SSSR count). The third-order valence-corrected chi connectivity index (χ3v) is 5.15. The maximum absolute atomic E-state index is 6.03. The van der Waals surface area contributed by atoms with Gasteiger partial charge in [0.15, 0.2) is 0 Å². The molecule has 0 heterocycles. The second-order valence-corrected chi connectivity index (χ2v) is 9.48. The average molecular weight is 163 g/mol. The smallest absolute Gasteiger partial charge is 0.0696 e. The molecule has 0 aromatic heterocycles. The van der Waals surface area contributed by atoms with E-state index >= 15 is 0 Å². The number of allylic oxidation sites excluding steroid dienone is 2. The number of halogens is 1. The van der Waals surface area contributed by atoms with Gasteiger partial charge in [-0.15, -0.1) is 11.6 Å². The van der Waals surface area contributed by atoms with E-state index in [-0.39, 0.29) is 0 Å². The molecule has 0 aliphatic rings. The van der Waals surface area contributed by atoms with Crippen LogP contribution in [0.3, 0.4) is 0 Å². The molecule has 0 N–H and O–H groups in total. The third kappa shape index (κ3) is 3.76. The zero-order chi connectivity index (χ0) is 7.49. The highest BCUT2D eigenvalue weighted by molar-refractivity contribution is 6.84. The maximum Gasteiger partial charge on any atom is 0.0696 e. The van der Waals surface area contributed by atoms with Crippen molar-refractivity contribution in [3.8, 4) is 0 Å². The molecule has 1 unspecified atom stereocenters. The van der Waals surface area contributed by atoms with Crippen LogP contribution in [0.1, 0.15) is 6.92 Å². The van der Waals surface area contributed by atoms with Gasteiger partial charge in [0.25, 0.3) is 0 Å². The van der Waals surface area contributed by atoms with Crippen molar-refractivity contribution in [3.63, 3.8) is 0 Å². The maximum atomic E-state index is 6.03. The molecule has 0 amide bonds. The van der Waals surface area contributed by atoms with E-state index in [0.29, 0.717) is 5.00 Å². The van der Waals surface area contributed by atoms with Gasteiger partial charge in [-0.05, 0) is 6.92 Å². The van der Waals surface area contributed by atoms with Gasteiger partial charge in [-0.1, -0.05) is 31.8 Å². The Labute approximate surface area is 63.9 Å². The Balaban J connectivity index is 3.88. The molecule has 0 spiro atoms. The first-order valence-corrected chi connectivity index (χ1v) is 7.26. The summed E-state index contributed by atoms with van der Waals surface area (Å²) in [6.07, 6.45) is 4.10. The largest absolute Gasteiger partial charge is 0.122 e. The van der Waals surface area contributed by atoms with Crippen LogP contribution < -0.4 is 0 Å². The van der Waals surface area contributed by atoms with E-state index in [1.165, 1.54) is 0 Å². The van der Waals surface area contributed by atoms with Crippen molar-refractivity contribution in [1.29, 1.82) is 0 Å². The van der Waals surface area contributed by atoms with Crippen molar-refractivity contribution >= 4 is 19.7 Å². The molecule has 0 radical (unpaired) electrons. The summed E-state index contributed by atoms with van der Waals surface area (Å²) < 4.78 is 0. The van der Waals surface area contributed by atoms with E-state index in [1.807, 2.05) is 13.0 Å². The molecule has 0 nitrogen and oxygen atoms in total. The summed E-state index contributed by atoms with van der Waals surface area (Å²) in [4.78, 5) is 0. The molecular weight excluding hydrogens is 148 g/mol. The lowest BCUT2D eigenvalue weighted by atomic mass is 10.6. The van der Waals surface area contributed by atoms with Crippen LogP contribution in [-0.2, 0) is 0 Å². The van der Waals surface area contributed by atoms with Crippen molar-refractivity contribution in [2.45, 2.75) is 31.6 Å². The highest BCUT2D eigenvalue weighted by Crippen LogP contribution is 2.14. The molecule has 0 aromatic rings. The van der Waals surface area contributed by atoms with Crippen LogP contribution in [-0.4, -0.2) is 13.1 Å². The van der Waals surface area contributed by atoms with Crippen LogP contribution >= 0.6 is 11.6 Å². The van der Waals surface area contributed by atoms with Crippen LogP contribution in [0.5, 0.6) is 0 Å². The fourth-order valence-electron chi connectivity index (χ4n) is 0.458. The minimum atomic E-state index is -1.10.